The van der Waals surface area contributed by atoms with Gasteiger partial charge in [0.25, 0.3) is 0 Å². The topological polar surface area (TPSA) is 105 Å². The third kappa shape index (κ3) is 1.79. The minimum atomic E-state index is -0.547. The largest absolute Gasteiger partial charge is 0.382 e. The van der Waals surface area contributed by atoms with Crippen LogP contribution in [-0.4, -0.2) is 34.2 Å². The van der Waals surface area contributed by atoms with Gasteiger partial charge in [-0.3, -0.25) is 4.68 Å². The standard InChI is InChI=1S/C13H11N7O2/c1-18-12-9(5-16-18)3-2-8-4-14-13(17-11(8)12)19-6-10(15-7-19)20(21)22/h4-7H,2-3H2,1H3. The molecule has 0 aliphatic heterocycles. The smallest absolute Gasteiger partial charge is 0.358 e. The van der Waals surface area contributed by atoms with Crippen molar-refractivity contribution in [3.63, 3.8) is 0 Å². The molecule has 0 atom stereocenters. The highest BCUT2D eigenvalue weighted by Gasteiger charge is 2.23. The molecule has 22 heavy (non-hydrogen) atoms. The van der Waals surface area contributed by atoms with Crippen LogP contribution in [-0.2, 0) is 19.9 Å². The van der Waals surface area contributed by atoms with Gasteiger partial charge in [-0.05, 0) is 33.9 Å². The summed E-state index contributed by atoms with van der Waals surface area (Å²) in [5.41, 5.74) is 3.99. The lowest BCUT2D eigenvalue weighted by molar-refractivity contribution is -0.389. The lowest BCUT2D eigenvalue weighted by Gasteiger charge is -2.16. The van der Waals surface area contributed by atoms with Gasteiger partial charge in [0.1, 0.15) is 6.20 Å². The zero-order valence-corrected chi connectivity index (χ0v) is 11.7. The van der Waals surface area contributed by atoms with Gasteiger partial charge >= 0.3 is 5.82 Å². The zero-order chi connectivity index (χ0) is 15.3. The van der Waals surface area contributed by atoms with Crippen molar-refractivity contribution in [2.45, 2.75) is 12.8 Å². The molecule has 0 N–H and O–H groups in total. The Morgan fingerprint density at radius 2 is 2.05 bits per heavy atom. The molecule has 3 aromatic rings. The van der Waals surface area contributed by atoms with Gasteiger partial charge in [-0.2, -0.15) is 5.10 Å². The van der Waals surface area contributed by atoms with Crippen molar-refractivity contribution in [1.29, 1.82) is 0 Å². The Kier molecular flexibility index (Phi) is 2.55. The molecule has 0 saturated carbocycles. The molecule has 0 unspecified atom stereocenters. The van der Waals surface area contributed by atoms with Crippen molar-refractivity contribution in [1.82, 2.24) is 29.3 Å². The fraction of sp³-hybridized carbons (Fsp3) is 0.231. The Balaban J connectivity index is 1.84. The number of rotatable bonds is 2. The molecule has 0 aromatic carbocycles. The summed E-state index contributed by atoms with van der Waals surface area (Å²) < 4.78 is 3.24. The fourth-order valence-electron chi connectivity index (χ4n) is 2.67. The number of nitrogens with zero attached hydrogens (tertiary/aromatic N) is 7. The van der Waals surface area contributed by atoms with E-state index in [0.29, 0.717) is 5.95 Å². The second kappa shape index (κ2) is 4.45. The van der Waals surface area contributed by atoms with Crippen LogP contribution in [0.5, 0.6) is 0 Å². The molecule has 4 rings (SSSR count). The summed E-state index contributed by atoms with van der Waals surface area (Å²) in [5.74, 6) is 0.121. The SMILES string of the molecule is Cn1ncc2c1-c1nc(-n3cnc([N+](=O)[O-])c3)ncc1CC2. The Morgan fingerprint density at radius 1 is 1.23 bits per heavy atom. The minimum absolute atomic E-state index is 0.234. The molecule has 9 nitrogen and oxygen atoms in total. The maximum atomic E-state index is 10.7. The van der Waals surface area contributed by atoms with Gasteiger partial charge in [0, 0.05) is 13.2 Å². The van der Waals surface area contributed by atoms with E-state index in [2.05, 4.69) is 20.1 Å². The average molecular weight is 297 g/mol. The fourth-order valence-corrected chi connectivity index (χ4v) is 2.67. The Morgan fingerprint density at radius 3 is 2.82 bits per heavy atom. The summed E-state index contributed by atoms with van der Waals surface area (Å²) in [6.45, 7) is 0. The molecular weight excluding hydrogens is 286 g/mol. The number of fused-ring (bicyclic) bond motifs is 3. The maximum Gasteiger partial charge on any atom is 0.382 e. The quantitative estimate of drug-likeness (QED) is 0.517. The highest BCUT2D eigenvalue weighted by atomic mass is 16.6. The molecular formula is C13H11N7O2. The predicted octanol–water partition coefficient (Wildman–Crippen LogP) is 1.07. The third-order valence-corrected chi connectivity index (χ3v) is 3.74. The van der Waals surface area contributed by atoms with Gasteiger partial charge in [0.2, 0.25) is 12.3 Å². The minimum Gasteiger partial charge on any atom is -0.358 e. The summed E-state index contributed by atoms with van der Waals surface area (Å²) >= 11 is 0. The normalized spacial score (nSPS) is 12.8. The molecule has 0 bridgehead atoms. The van der Waals surface area contributed by atoms with Crippen LogP contribution >= 0.6 is 0 Å². The Labute approximate surface area is 124 Å². The summed E-state index contributed by atoms with van der Waals surface area (Å²) in [6, 6.07) is 0. The van der Waals surface area contributed by atoms with E-state index < -0.39 is 4.92 Å². The monoisotopic (exact) mass is 297 g/mol. The number of aryl methyl sites for hydroxylation is 3. The molecule has 0 fully saturated rings. The van der Waals surface area contributed by atoms with Gasteiger partial charge in [0.15, 0.2) is 0 Å². The van der Waals surface area contributed by atoms with Crippen molar-refractivity contribution < 1.29 is 4.92 Å². The van der Waals surface area contributed by atoms with Crippen molar-refractivity contribution in [3.8, 4) is 17.3 Å². The molecule has 0 spiro atoms. The highest BCUT2D eigenvalue weighted by Crippen LogP contribution is 2.31. The van der Waals surface area contributed by atoms with Crippen LogP contribution in [0, 0.1) is 10.1 Å². The molecule has 1 aliphatic rings. The zero-order valence-electron chi connectivity index (χ0n) is 11.7. The first-order valence-electron chi connectivity index (χ1n) is 6.69. The van der Waals surface area contributed by atoms with Crippen LogP contribution < -0.4 is 0 Å². The van der Waals surface area contributed by atoms with E-state index in [-0.39, 0.29) is 5.82 Å². The van der Waals surface area contributed by atoms with Gasteiger partial charge in [-0.15, -0.1) is 0 Å². The second-order valence-electron chi connectivity index (χ2n) is 5.08. The van der Waals surface area contributed by atoms with E-state index in [1.807, 2.05) is 13.2 Å². The number of hydrogen-bond acceptors (Lipinski definition) is 6. The summed E-state index contributed by atoms with van der Waals surface area (Å²) in [5, 5.41) is 15.0. The lowest BCUT2D eigenvalue weighted by Crippen LogP contribution is -2.11. The first-order chi connectivity index (χ1) is 10.6. The van der Waals surface area contributed by atoms with Crippen LogP contribution in [0.15, 0.2) is 24.9 Å². The van der Waals surface area contributed by atoms with E-state index in [1.54, 1.807) is 10.9 Å². The number of imidazole rings is 1. The van der Waals surface area contributed by atoms with E-state index >= 15 is 0 Å². The summed E-state index contributed by atoms with van der Waals surface area (Å²) in [4.78, 5) is 22.7. The molecule has 0 radical (unpaired) electrons. The summed E-state index contributed by atoms with van der Waals surface area (Å²) in [6.07, 6.45) is 8.02. The lowest BCUT2D eigenvalue weighted by atomic mass is 9.95. The first kappa shape index (κ1) is 12.6. The maximum absolute atomic E-state index is 10.7. The number of nitro groups is 1. The van der Waals surface area contributed by atoms with Crippen molar-refractivity contribution in [3.05, 3.63) is 46.2 Å². The predicted molar refractivity (Wildman–Crippen MR) is 75.4 cm³/mol. The molecule has 0 saturated heterocycles. The van der Waals surface area contributed by atoms with Crippen LogP contribution in [0.2, 0.25) is 0 Å². The first-order valence-corrected chi connectivity index (χ1v) is 6.69. The molecule has 0 amide bonds. The van der Waals surface area contributed by atoms with Gasteiger partial charge in [0.05, 0.1) is 17.6 Å². The highest BCUT2D eigenvalue weighted by molar-refractivity contribution is 5.65. The van der Waals surface area contributed by atoms with Gasteiger partial charge in [-0.25, -0.2) is 14.5 Å². The summed E-state index contributed by atoms with van der Waals surface area (Å²) in [7, 11) is 1.87. The molecule has 1 aliphatic carbocycles. The van der Waals surface area contributed by atoms with Crippen molar-refractivity contribution in [2.24, 2.45) is 7.05 Å². The van der Waals surface area contributed by atoms with E-state index in [0.717, 1.165) is 35.4 Å². The number of aromatic nitrogens is 6. The van der Waals surface area contributed by atoms with E-state index in [4.69, 9.17) is 0 Å². The Bertz CT molecular complexity index is 896. The number of hydrogen-bond donors (Lipinski definition) is 0. The molecule has 3 aromatic heterocycles. The molecule has 9 heteroatoms. The second-order valence-corrected chi connectivity index (χ2v) is 5.08. The van der Waals surface area contributed by atoms with E-state index in [9.17, 15) is 10.1 Å². The van der Waals surface area contributed by atoms with Gasteiger partial charge < -0.3 is 10.1 Å². The van der Waals surface area contributed by atoms with Crippen molar-refractivity contribution in [2.75, 3.05) is 0 Å². The average Bonchev–Trinajstić information content (AvgIpc) is 3.14. The third-order valence-electron chi connectivity index (χ3n) is 3.74. The van der Waals surface area contributed by atoms with Crippen LogP contribution in [0.3, 0.4) is 0 Å². The molecule has 3 heterocycles. The molecule has 110 valence electrons. The van der Waals surface area contributed by atoms with Crippen LogP contribution in [0.25, 0.3) is 17.3 Å². The van der Waals surface area contributed by atoms with Crippen LogP contribution in [0.1, 0.15) is 11.1 Å². The van der Waals surface area contributed by atoms with Crippen LogP contribution in [0.4, 0.5) is 5.82 Å². The van der Waals surface area contributed by atoms with E-state index in [1.165, 1.54) is 17.1 Å². The Hall–Kier alpha value is -3.10. The van der Waals surface area contributed by atoms with Gasteiger partial charge in [-0.1, -0.05) is 0 Å². The van der Waals surface area contributed by atoms with Crippen molar-refractivity contribution >= 4 is 5.82 Å².